The van der Waals surface area contributed by atoms with Gasteiger partial charge in [-0.25, -0.2) is 0 Å². The molecule has 0 aromatic carbocycles. The third-order valence-corrected chi connectivity index (χ3v) is 6.06. The molecule has 2 amide bonds. The fraction of sp³-hybridized carbons (Fsp3) is 0.750. The summed E-state index contributed by atoms with van der Waals surface area (Å²) in [6.45, 7) is 6.73. The Kier molecular flexibility index (Phi) is 6.26. The maximum absolute atomic E-state index is 13.0. The zero-order chi connectivity index (χ0) is 19.3. The second kappa shape index (κ2) is 9.05. The monoisotopic (exact) mass is 389 g/mol. The number of rotatable bonds is 7. The molecular formula is C20H31N5O3. The number of amides is 2. The van der Waals surface area contributed by atoms with Crippen molar-refractivity contribution in [2.45, 2.75) is 38.1 Å². The predicted octanol–water partition coefficient (Wildman–Crippen LogP) is 0.975. The van der Waals surface area contributed by atoms with E-state index in [4.69, 9.17) is 4.74 Å². The Balaban J connectivity index is 1.36. The Morgan fingerprint density at radius 2 is 2.04 bits per heavy atom. The lowest BCUT2D eigenvalue weighted by molar-refractivity contribution is -0.136. The van der Waals surface area contributed by atoms with E-state index < -0.39 is 0 Å². The number of likely N-dealkylation sites (tertiary alicyclic amines) is 1. The van der Waals surface area contributed by atoms with Crippen LogP contribution in [0.2, 0.25) is 0 Å². The predicted molar refractivity (Wildman–Crippen MR) is 104 cm³/mol. The molecule has 2 aliphatic heterocycles. The molecule has 1 aliphatic carbocycles. The number of hydrogen-bond donors (Lipinski definition) is 1. The smallest absolute Gasteiger partial charge is 0.257 e. The Morgan fingerprint density at radius 3 is 2.75 bits per heavy atom. The molecule has 2 saturated heterocycles. The number of morpholine rings is 1. The lowest BCUT2D eigenvalue weighted by Crippen LogP contribution is -2.52. The van der Waals surface area contributed by atoms with Gasteiger partial charge < -0.3 is 14.5 Å². The van der Waals surface area contributed by atoms with Crippen LogP contribution in [0, 0.1) is 5.92 Å². The highest BCUT2D eigenvalue weighted by Gasteiger charge is 2.38. The van der Waals surface area contributed by atoms with Crippen LogP contribution < -0.4 is 0 Å². The van der Waals surface area contributed by atoms with Crippen molar-refractivity contribution in [2.24, 2.45) is 5.92 Å². The molecule has 0 spiro atoms. The number of nitrogens with one attached hydrogen (secondary N) is 1. The minimum absolute atomic E-state index is 0.00517. The molecule has 3 heterocycles. The van der Waals surface area contributed by atoms with E-state index in [0.29, 0.717) is 18.0 Å². The van der Waals surface area contributed by atoms with Gasteiger partial charge in [0.1, 0.15) is 0 Å². The first-order valence-electron chi connectivity index (χ1n) is 10.6. The lowest BCUT2D eigenvalue weighted by Gasteiger charge is -2.40. The van der Waals surface area contributed by atoms with Crippen molar-refractivity contribution in [3.05, 3.63) is 18.0 Å². The second-order valence-electron chi connectivity index (χ2n) is 8.15. The number of piperidine rings is 1. The summed E-state index contributed by atoms with van der Waals surface area (Å²) in [6.07, 6.45) is 8.14. The molecular weight excluding hydrogens is 358 g/mol. The van der Waals surface area contributed by atoms with Crippen LogP contribution in [0.4, 0.5) is 0 Å². The average molecular weight is 390 g/mol. The van der Waals surface area contributed by atoms with E-state index in [1.165, 1.54) is 0 Å². The molecule has 1 saturated carbocycles. The fourth-order valence-corrected chi connectivity index (χ4v) is 4.27. The van der Waals surface area contributed by atoms with E-state index in [0.717, 1.165) is 78.0 Å². The van der Waals surface area contributed by atoms with Gasteiger partial charge in [0.15, 0.2) is 0 Å². The summed E-state index contributed by atoms with van der Waals surface area (Å²) in [5.41, 5.74) is 0.591. The van der Waals surface area contributed by atoms with Gasteiger partial charge in [0.05, 0.1) is 25.0 Å². The zero-order valence-corrected chi connectivity index (χ0v) is 16.5. The molecule has 1 unspecified atom stereocenters. The van der Waals surface area contributed by atoms with Crippen LogP contribution in [-0.2, 0) is 9.53 Å². The van der Waals surface area contributed by atoms with Gasteiger partial charge in [-0.2, -0.15) is 5.10 Å². The van der Waals surface area contributed by atoms with Crippen LogP contribution in [0.1, 0.15) is 42.5 Å². The van der Waals surface area contributed by atoms with E-state index in [2.05, 4.69) is 20.0 Å². The summed E-state index contributed by atoms with van der Waals surface area (Å²) in [4.78, 5) is 32.1. The quantitative estimate of drug-likeness (QED) is 0.752. The highest BCUT2D eigenvalue weighted by atomic mass is 16.5. The van der Waals surface area contributed by atoms with Gasteiger partial charge in [0, 0.05) is 57.4 Å². The number of aromatic amines is 1. The van der Waals surface area contributed by atoms with Gasteiger partial charge in [0.2, 0.25) is 5.91 Å². The van der Waals surface area contributed by atoms with Gasteiger partial charge in [-0.1, -0.05) is 0 Å². The summed E-state index contributed by atoms with van der Waals surface area (Å²) >= 11 is 0. The standard InChI is InChI=1S/C20H31N5O3/c26-19(17-13-21-22-14-17)24-7-1-3-18(15-24)25(20(27)16-4-5-16)8-2-6-23-9-11-28-12-10-23/h13-14,16,18H,1-12,15H2,(H,21,22). The molecule has 8 nitrogen and oxygen atoms in total. The van der Waals surface area contributed by atoms with Crippen molar-refractivity contribution < 1.29 is 14.3 Å². The molecule has 3 fully saturated rings. The van der Waals surface area contributed by atoms with E-state index >= 15 is 0 Å². The highest BCUT2D eigenvalue weighted by molar-refractivity contribution is 5.93. The number of ether oxygens (including phenoxy) is 1. The number of carbonyl (C=O) groups is 2. The van der Waals surface area contributed by atoms with Gasteiger partial charge in [-0.3, -0.25) is 19.6 Å². The van der Waals surface area contributed by atoms with Gasteiger partial charge >= 0.3 is 0 Å². The van der Waals surface area contributed by atoms with Crippen LogP contribution in [0.25, 0.3) is 0 Å². The first kappa shape index (κ1) is 19.4. The molecule has 1 aromatic heterocycles. The first-order valence-corrected chi connectivity index (χ1v) is 10.6. The third-order valence-electron chi connectivity index (χ3n) is 6.06. The van der Waals surface area contributed by atoms with E-state index in [1.54, 1.807) is 12.4 Å². The van der Waals surface area contributed by atoms with Crippen molar-refractivity contribution in [1.29, 1.82) is 0 Å². The number of H-pyrrole nitrogens is 1. The van der Waals surface area contributed by atoms with Gasteiger partial charge in [0.25, 0.3) is 5.91 Å². The largest absolute Gasteiger partial charge is 0.379 e. The van der Waals surface area contributed by atoms with Crippen LogP contribution in [-0.4, -0.2) is 95.2 Å². The molecule has 154 valence electrons. The van der Waals surface area contributed by atoms with Crippen molar-refractivity contribution in [1.82, 2.24) is 24.9 Å². The van der Waals surface area contributed by atoms with E-state index in [1.807, 2.05) is 4.90 Å². The summed E-state index contributed by atoms with van der Waals surface area (Å²) in [5, 5.41) is 6.59. The van der Waals surface area contributed by atoms with Crippen LogP contribution in [0.15, 0.2) is 12.4 Å². The normalized spacial score (nSPS) is 23.6. The molecule has 8 heteroatoms. The third kappa shape index (κ3) is 4.72. The summed E-state index contributed by atoms with van der Waals surface area (Å²) in [6, 6.07) is 0.127. The number of aromatic nitrogens is 2. The Hall–Kier alpha value is -1.93. The van der Waals surface area contributed by atoms with Crippen LogP contribution in [0.5, 0.6) is 0 Å². The highest BCUT2D eigenvalue weighted by Crippen LogP contribution is 2.33. The van der Waals surface area contributed by atoms with E-state index in [-0.39, 0.29) is 17.9 Å². The lowest BCUT2D eigenvalue weighted by atomic mass is 10.0. The molecule has 1 atom stereocenters. The van der Waals surface area contributed by atoms with Crippen molar-refractivity contribution in [3.63, 3.8) is 0 Å². The fourth-order valence-electron chi connectivity index (χ4n) is 4.27. The van der Waals surface area contributed by atoms with E-state index in [9.17, 15) is 9.59 Å². The average Bonchev–Trinajstić information content (AvgIpc) is 3.45. The number of hydrogen-bond acceptors (Lipinski definition) is 5. The summed E-state index contributed by atoms with van der Waals surface area (Å²) < 4.78 is 5.41. The minimum Gasteiger partial charge on any atom is -0.379 e. The van der Waals surface area contributed by atoms with Gasteiger partial charge in [-0.15, -0.1) is 0 Å². The molecule has 28 heavy (non-hydrogen) atoms. The second-order valence-corrected chi connectivity index (χ2v) is 8.15. The minimum atomic E-state index is 0.00517. The molecule has 1 aromatic rings. The topological polar surface area (TPSA) is 81.8 Å². The van der Waals surface area contributed by atoms with Crippen molar-refractivity contribution >= 4 is 11.8 Å². The molecule has 4 rings (SSSR count). The maximum Gasteiger partial charge on any atom is 0.257 e. The first-order chi connectivity index (χ1) is 13.7. The van der Waals surface area contributed by atoms with Crippen LogP contribution >= 0.6 is 0 Å². The Labute approximate surface area is 166 Å². The van der Waals surface area contributed by atoms with Crippen LogP contribution in [0.3, 0.4) is 0 Å². The SMILES string of the molecule is O=C(c1cn[nH]c1)N1CCCC(N(CCCN2CCOCC2)C(=O)C2CC2)C1. The molecule has 3 aliphatic rings. The summed E-state index contributed by atoms with van der Waals surface area (Å²) in [5.74, 6) is 0.513. The van der Waals surface area contributed by atoms with Gasteiger partial charge in [-0.05, 0) is 32.1 Å². The Bertz CT molecular complexity index is 655. The summed E-state index contributed by atoms with van der Waals surface area (Å²) in [7, 11) is 0. The number of nitrogens with zero attached hydrogens (tertiary/aromatic N) is 4. The van der Waals surface area contributed by atoms with Crippen molar-refractivity contribution in [3.8, 4) is 0 Å². The number of carbonyl (C=O) groups excluding carboxylic acids is 2. The Morgan fingerprint density at radius 1 is 1.21 bits per heavy atom. The molecule has 1 N–H and O–H groups in total. The maximum atomic E-state index is 13.0. The molecule has 0 bridgehead atoms. The zero-order valence-electron chi connectivity index (χ0n) is 16.5. The molecule has 0 radical (unpaired) electrons. The van der Waals surface area contributed by atoms with Crippen molar-refractivity contribution in [2.75, 3.05) is 52.5 Å².